The Bertz CT molecular complexity index is 897. The molecule has 1 aromatic heterocycles. The number of hydrogen-bond acceptors (Lipinski definition) is 8. The maximum atomic E-state index is 11.9. The number of esters is 1. The van der Waals surface area contributed by atoms with Gasteiger partial charge in [0.1, 0.15) is 5.02 Å². The summed E-state index contributed by atoms with van der Waals surface area (Å²) in [6, 6.07) is 8.15. The van der Waals surface area contributed by atoms with Crippen molar-refractivity contribution in [2.75, 3.05) is 48.4 Å². The lowest BCUT2D eigenvalue weighted by Gasteiger charge is -2.32. The zero-order valence-corrected chi connectivity index (χ0v) is 19.1. The maximum absolute atomic E-state index is 11.9. The maximum Gasteiger partial charge on any atom is 0.309 e. The lowest BCUT2D eigenvalue weighted by Crippen LogP contribution is -2.36. The molecule has 0 bridgehead atoms. The van der Waals surface area contributed by atoms with Gasteiger partial charge in [-0.3, -0.25) is 4.79 Å². The Morgan fingerprint density at radius 1 is 1.25 bits per heavy atom. The highest BCUT2D eigenvalue weighted by atomic mass is 35.5. The quantitative estimate of drug-likeness (QED) is 0.566. The molecule has 1 atom stereocenters. The molecule has 3 heterocycles. The Kier molecular flexibility index (Phi) is 7.65. The van der Waals surface area contributed by atoms with E-state index in [1.165, 1.54) is 0 Å². The average Bonchev–Trinajstić information content (AvgIpc) is 3.34. The number of rotatable bonds is 8. The van der Waals surface area contributed by atoms with Crippen LogP contribution in [0.25, 0.3) is 0 Å². The number of carbonyl (C=O) groups excluding carboxylic acids is 1. The number of anilines is 4. The smallest absolute Gasteiger partial charge is 0.309 e. The van der Waals surface area contributed by atoms with Crippen LogP contribution in [0.4, 0.5) is 23.1 Å². The Hall–Kier alpha value is -2.58. The number of piperidine rings is 1. The van der Waals surface area contributed by atoms with E-state index in [0.29, 0.717) is 29.9 Å². The number of nitrogens with zero attached hydrogens (tertiary/aromatic N) is 3. The van der Waals surface area contributed by atoms with E-state index in [1.54, 1.807) is 6.20 Å². The predicted octanol–water partition coefficient (Wildman–Crippen LogP) is 4.24. The summed E-state index contributed by atoms with van der Waals surface area (Å²) in [5.74, 6) is 1.02. The van der Waals surface area contributed by atoms with E-state index < -0.39 is 0 Å². The summed E-state index contributed by atoms with van der Waals surface area (Å²) in [7, 11) is 0. The van der Waals surface area contributed by atoms with E-state index >= 15 is 0 Å². The van der Waals surface area contributed by atoms with Gasteiger partial charge in [0, 0.05) is 37.6 Å². The summed E-state index contributed by atoms with van der Waals surface area (Å²) < 4.78 is 10.8. The van der Waals surface area contributed by atoms with Crippen LogP contribution in [0.15, 0.2) is 30.5 Å². The molecular formula is C23H30ClN5O3. The third kappa shape index (κ3) is 5.81. The second kappa shape index (κ2) is 10.8. The zero-order chi connectivity index (χ0) is 22.3. The summed E-state index contributed by atoms with van der Waals surface area (Å²) in [6.07, 6.45) is 5.58. The largest absolute Gasteiger partial charge is 0.466 e. The Balaban J connectivity index is 1.32. The molecule has 0 amide bonds. The summed E-state index contributed by atoms with van der Waals surface area (Å²) >= 11 is 6.25. The summed E-state index contributed by atoms with van der Waals surface area (Å²) in [5, 5.41) is 6.98. The lowest BCUT2D eigenvalue weighted by molar-refractivity contribution is -0.148. The van der Waals surface area contributed by atoms with Crippen LogP contribution in [0.1, 0.15) is 32.6 Å². The van der Waals surface area contributed by atoms with Gasteiger partial charge in [-0.25, -0.2) is 4.98 Å². The van der Waals surface area contributed by atoms with E-state index in [4.69, 9.17) is 21.1 Å². The fraction of sp³-hybridized carbons (Fsp3) is 0.522. The molecule has 2 aliphatic rings. The van der Waals surface area contributed by atoms with E-state index in [1.807, 2.05) is 19.1 Å². The van der Waals surface area contributed by atoms with Crippen LogP contribution >= 0.6 is 11.6 Å². The van der Waals surface area contributed by atoms with Gasteiger partial charge in [0.15, 0.2) is 5.82 Å². The molecule has 0 aliphatic carbocycles. The van der Waals surface area contributed by atoms with Gasteiger partial charge < -0.3 is 25.0 Å². The van der Waals surface area contributed by atoms with Crippen molar-refractivity contribution in [3.8, 4) is 0 Å². The van der Waals surface area contributed by atoms with Crippen molar-refractivity contribution in [3.05, 3.63) is 35.5 Å². The Morgan fingerprint density at radius 2 is 2.03 bits per heavy atom. The molecule has 1 aromatic carbocycles. The fourth-order valence-electron chi connectivity index (χ4n) is 4.09. The van der Waals surface area contributed by atoms with Crippen LogP contribution < -0.4 is 15.5 Å². The van der Waals surface area contributed by atoms with E-state index in [9.17, 15) is 4.79 Å². The van der Waals surface area contributed by atoms with Crippen molar-refractivity contribution < 1.29 is 14.3 Å². The molecule has 1 unspecified atom stereocenters. The minimum Gasteiger partial charge on any atom is -0.466 e. The van der Waals surface area contributed by atoms with Crippen molar-refractivity contribution in [2.24, 2.45) is 5.92 Å². The minimum absolute atomic E-state index is 0.0113. The normalized spacial score (nSPS) is 19.1. The predicted molar refractivity (Wildman–Crippen MR) is 126 cm³/mol. The molecule has 0 spiro atoms. The molecule has 2 saturated heterocycles. The van der Waals surface area contributed by atoms with Gasteiger partial charge in [0.25, 0.3) is 0 Å². The van der Waals surface area contributed by atoms with E-state index in [0.717, 1.165) is 56.8 Å². The van der Waals surface area contributed by atoms with Crippen molar-refractivity contribution in [3.63, 3.8) is 0 Å². The SMILES string of the molecule is CCOC(=O)C1CCN(c2ccc(Nc3ncc(Cl)c(NCC4CCCO4)n3)cc2)CC1. The van der Waals surface area contributed by atoms with Crippen LogP contribution in [0, 0.1) is 5.92 Å². The van der Waals surface area contributed by atoms with Crippen LogP contribution in [-0.4, -0.2) is 54.9 Å². The number of aromatic nitrogens is 2. The van der Waals surface area contributed by atoms with Gasteiger partial charge in [0.2, 0.25) is 5.95 Å². The third-order valence-corrected chi connectivity index (χ3v) is 6.15. The van der Waals surface area contributed by atoms with Crippen molar-refractivity contribution in [1.82, 2.24) is 9.97 Å². The highest BCUT2D eigenvalue weighted by Gasteiger charge is 2.26. The first-order chi connectivity index (χ1) is 15.6. The number of halogens is 1. The second-order valence-electron chi connectivity index (χ2n) is 8.09. The second-order valence-corrected chi connectivity index (χ2v) is 8.50. The summed E-state index contributed by atoms with van der Waals surface area (Å²) in [5.41, 5.74) is 2.02. The average molecular weight is 460 g/mol. The van der Waals surface area contributed by atoms with Crippen molar-refractivity contribution in [1.29, 1.82) is 0 Å². The number of hydrogen-bond donors (Lipinski definition) is 2. The van der Waals surface area contributed by atoms with Crippen molar-refractivity contribution >= 4 is 40.7 Å². The molecule has 172 valence electrons. The topological polar surface area (TPSA) is 88.6 Å². The standard InChI is InChI=1S/C23H30ClN5O3/c1-2-31-22(30)16-9-11-29(12-10-16)18-7-5-17(6-8-18)27-23-26-15-20(24)21(28-23)25-14-19-4-3-13-32-19/h5-8,15-16,19H,2-4,9-14H2,1H3,(H2,25,26,27,28). The number of ether oxygens (including phenoxy) is 2. The number of benzene rings is 1. The molecule has 8 nitrogen and oxygen atoms in total. The molecule has 0 saturated carbocycles. The highest BCUT2D eigenvalue weighted by Crippen LogP contribution is 2.27. The molecule has 0 radical (unpaired) electrons. The zero-order valence-electron chi connectivity index (χ0n) is 18.3. The first-order valence-corrected chi connectivity index (χ1v) is 11.7. The van der Waals surface area contributed by atoms with Crippen LogP contribution in [0.5, 0.6) is 0 Å². The van der Waals surface area contributed by atoms with Gasteiger partial charge in [-0.05, 0) is 56.9 Å². The van der Waals surface area contributed by atoms with Gasteiger partial charge >= 0.3 is 5.97 Å². The monoisotopic (exact) mass is 459 g/mol. The van der Waals surface area contributed by atoms with Crippen LogP contribution in [0.2, 0.25) is 5.02 Å². The first-order valence-electron chi connectivity index (χ1n) is 11.3. The highest BCUT2D eigenvalue weighted by molar-refractivity contribution is 6.32. The first kappa shape index (κ1) is 22.6. The number of nitrogens with one attached hydrogen (secondary N) is 2. The minimum atomic E-state index is -0.0701. The molecule has 2 aliphatic heterocycles. The van der Waals surface area contributed by atoms with Gasteiger partial charge in [-0.15, -0.1) is 0 Å². The van der Waals surface area contributed by atoms with Crippen LogP contribution in [0.3, 0.4) is 0 Å². The molecule has 9 heteroatoms. The van der Waals surface area contributed by atoms with Crippen LogP contribution in [-0.2, 0) is 14.3 Å². The number of carbonyl (C=O) groups is 1. The lowest BCUT2D eigenvalue weighted by atomic mass is 9.96. The van der Waals surface area contributed by atoms with Gasteiger partial charge in [-0.1, -0.05) is 11.6 Å². The van der Waals surface area contributed by atoms with E-state index in [2.05, 4.69) is 37.6 Å². The molecule has 32 heavy (non-hydrogen) atoms. The third-order valence-electron chi connectivity index (χ3n) is 5.87. The molecule has 4 rings (SSSR count). The molecule has 2 N–H and O–H groups in total. The summed E-state index contributed by atoms with van der Waals surface area (Å²) in [6.45, 7) is 5.47. The van der Waals surface area contributed by atoms with E-state index in [-0.39, 0.29) is 18.0 Å². The van der Waals surface area contributed by atoms with Gasteiger partial charge in [0.05, 0.1) is 24.8 Å². The Morgan fingerprint density at radius 3 is 2.72 bits per heavy atom. The Labute approximate surface area is 193 Å². The van der Waals surface area contributed by atoms with Crippen molar-refractivity contribution in [2.45, 2.75) is 38.7 Å². The molecule has 2 aromatic rings. The molecule has 2 fully saturated rings. The summed E-state index contributed by atoms with van der Waals surface area (Å²) in [4.78, 5) is 23.0. The van der Waals surface area contributed by atoms with Gasteiger partial charge in [-0.2, -0.15) is 4.98 Å². The molecular weight excluding hydrogens is 430 g/mol. The fourth-order valence-corrected chi connectivity index (χ4v) is 4.24.